The molecule has 0 fully saturated rings. The minimum Gasteiger partial charge on any atom is -0.228 e. The van der Waals surface area contributed by atoms with Gasteiger partial charge in [-0.3, -0.25) is 0 Å². The molecule has 0 aliphatic carbocycles. The molecule has 0 atom stereocenters. The van der Waals surface area contributed by atoms with Crippen molar-refractivity contribution < 1.29 is 0 Å². The standard InChI is InChI=1S/C40H26N2/c1-3-11-27(12-4-1)29-17-9-18-33(24-29)38-26-39(42-40(41-38)28-13-5-2-6-14-28)36-20-10-19-34-35(36)22-21-32-23-30-15-7-8-16-31(30)25-37(32)34/h1-26H. The third-order valence-corrected chi connectivity index (χ3v) is 8.04. The van der Waals surface area contributed by atoms with Crippen molar-refractivity contribution in [1.82, 2.24) is 9.97 Å². The molecular formula is C40H26N2. The molecule has 0 aliphatic heterocycles. The number of hydrogen-bond acceptors (Lipinski definition) is 2. The predicted molar refractivity (Wildman–Crippen MR) is 176 cm³/mol. The first-order chi connectivity index (χ1) is 20.8. The topological polar surface area (TPSA) is 25.8 Å². The third kappa shape index (κ3) is 4.31. The fraction of sp³-hybridized carbons (Fsp3) is 0. The molecule has 8 aromatic rings. The fourth-order valence-electron chi connectivity index (χ4n) is 5.94. The summed E-state index contributed by atoms with van der Waals surface area (Å²) >= 11 is 0. The molecule has 2 nitrogen and oxygen atoms in total. The predicted octanol–water partition coefficient (Wildman–Crippen LogP) is 10.6. The molecule has 196 valence electrons. The van der Waals surface area contributed by atoms with Gasteiger partial charge in [0.25, 0.3) is 0 Å². The maximum absolute atomic E-state index is 5.15. The van der Waals surface area contributed by atoms with Crippen LogP contribution in [0.4, 0.5) is 0 Å². The summed E-state index contributed by atoms with van der Waals surface area (Å²) in [5, 5.41) is 7.40. The maximum atomic E-state index is 5.15. The highest BCUT2D eigenvalue weighted by atomic mass is 14.9. The van der Waals surface area contributed by atoms with Crippen LogP contribution in [0.25, 0.3) is 77.3 Å². The van der Waals surface area contributed by atoms with Crippen LogP contribution in [-0.2, 0) is 0 Å². The Morgan fingerprint density at radius 1 is 0.310 bits per heavy atom. The zero-order valence-electron chi connectivity index (χ0n) is 22.9. The zero-order valence-corrected chi connectivity index (χ0v) is 22.9. The van der Waals surface area contributed by atoms with Crippen LogP contribution in [0, 0.1) is 0 Å². The van der Waals surface area contributed by atoms with Crippen molar-refractivity contribution in [2.24, 2.45) is 0 Å². The largest absolute Gasteiger partial charge is 0.228 e. The van der Waals surface area contributed by atoms with E-state index in [9.17, 15) is 0 Å². The quantitative estimate of drug-likeness (QED) is 0.166. The normalized spacial score (nSPS) is 11.3. The molecule has 7 aromatic carbocycles. The number of nitrogens with zero attached hydrogens (tertiary/aromatic N) is 2. The number of rotatable bonds is 4. The van der Waals surface area contributed by atoms with E-state index in [1.54, 1.807) is 0 Å². The van der Waals surface area contributed by atoms with Gasteiger partial charge < -0.3 is 0 Å². The van der Waals surface area contributed by atoms with Crippen molar-refractivity contribution in [3.63, 3.8) is 0 Å². The highest BCUT2D eigenvalue weighted by Crippen LogP contribution is 2.36. The molecule has 0 saturated heterocycles. The van der Waals surface area contributed by atoms with Crippen LogP contribution in [0.5, 0.6) is 0 Å². The first-order valence-electron chi connectivity index (χ1n) is 14.3. The second-order valence-electron chi connectivity index (χ2n) is 10.7. The van der Waals surface area contributed by atoms with E-state index in [2.05, 4.69) is 133 Å². The Morgan fingerprint density at radius 2 is 0.952 bits per heavy atom. The minimum absolute atomic E-state index is 0.719. The number of benzene rings is 7. The van der Waals surface area contributed by atoms with Gasteiger partial charge in [0.15, 0.2) is 5.82 Å². The second-order valence-corrected chi connectivity index (χ2v) is 10.7. The summed E-state index contributed by atoms with van der Waals surface area (Å²) in [7, 11) is 0. The molecule has 0 unspecified atom stereocenters. The smallest absolute Gasteiger partial charge is 0.160 e. The molecule has 0 aliphatic rings. The highest BCUT2D eigenvalue weighted by molar-refractivity contribution is 6.15. The molecule has 0 bridgehead atoms. The van der Waals surface area contributed by atoms with E-state index in [1.807, 2.05) is 24.3 Å². The number of aromatic nitrogens is 2. The molecule has 42 heavy (non-hydrogen) atoms. The van der Waals surface area contributed by atoms with E-state index < -0.39 is 0 Å². The molecule has 0 saturated carbocycles. The van der Waals surface area contributed by atoms with Gasteiger partial charge in [-0.2, -0.15) is 0 Å². The molecule has 0 spiro atoms. The van der Waals surface area contributed by atoms with Crippen LogP contribution >= 0.6 is 0 Å². The summed E-state index contributed by atoms with van der Waals surface area (Å²) in [5.41, 5.74) is 7.33. The number of fused-ring (bicyclic) bond motifs is 4. The summed E-state index contributed by atoms with van der Waals surface area (Å²) in [6.45, 7) is 0. The number of hydrogen-bond donors (Lipinski definition) is 0. The molecule has 0 N–H and O–H groups in total. The van der Waals surface area contributed by atoms with Gasteiger partial charge in [-0.15, -0.1) is 0 Å². The Kier molecular flexibility index (Phi) is 5.82. The Bertz CT molecular complexity index is 2240. The van der Waals surface area contributed by atoms with Gasteiger partial charge in [-0.25, -0.2) is 9.97 Å². The molecular weight excluding hydrogens is 508 g/mol. The Balaban J connectivity index is 1.35. The highest BCUT2D eigenvalue weighted by Gasteiger charge is 2.14. The lowest BCUT2D eigenvalue weighted by Crippen LogP contribution is -1.96. The van der Waals surface area contributed by atoms with Crippen LogP contribution in [0.15, 0.2) is 158 Å². The van der Waals surface area contributed by atoms with E-state index in [1.165, 1.54) is 43.4 Å². The molecule has 0 radical (unpaired) electrons. The first kappa shape index (κ1) is 24.2. The van der Waals surface area contributed by atoms with Crippen LogP contribution in [-0.4, -0.2) is 9.97 Å². The van der Waals surface area contributed by atoms with Gasteiger partial charge in [0.2, 0.25) is 0 Å². The summed E-state index contributed by atoms with van der Waals surface area (Å²) < 4.78 is 0. The average Bonchev–Trinajstić information content (AvgIpc) is 3.07. The lowest BCUT2D eigenvalue weighted by Gasteiger charge is -2.13. The van der Waals surface area contributed by atoms with Gasteiger partial charge >= 0.3 is 0 Å². The van der Waals surface area contributed by atoms with Crippen molar-refractivity contribution in [3.8, 4) is 45.0 Å². The van der Waals surface area contributed by atoms with E-state index in [-0.39, 0.29) is 0 Å². The minimum atomic E-state index is 0.719. The van der Waals surface area contributed by atoms with Crippen LogP contribution < -0.4 is 0 Å². The van der Waals surface area contributed by atoms with Gasteiger partial charge in [-0.05, 0) is 67.7 Å². The lowest BCUT2D eigenvalue weighted by molar-refractivity contribution is 1.18. The van der Waals surface area contributed by atoms with Crippen LogP contribution in [0.2, 0.25) is 0 Å². The molecule has 0 amide bonds. The fourth-order valence-corrected chi connectivity index (χ4v) is 5.94. The van der Waals surface area contributed by atoms with Crippen molar-refractivity contribution in [2.45, 2.75) is 0 Å². The van der Waals surface area contributed by atoms with Crippen molar-refractivity contribution in [3.05, 3.63) is 158 Å². The maximum Gasteiger partial charge on any atom is 0.160 e. The first-order valence-corrected chi connectivity index (χ1v) is 14.3. The van der Waals surface area contributed by atoms with Crippen molar-refractivity contribution in [1.29, 1.82) is 0 Å². The van der Waals surface area contributed by atoms with Gasteiger partial charge in [0.1, 0.15) is 0 Å². The van der Waals surface area contributed by atoms with Crippen molar-refractivity contribution in [2.75, 3.05) is 0 Å². The summed E-state index contributed by atoms with van der Waals surface area (Å²) in [6.07, 6.45) is 0. The summed E-state index contributed by atoms with van der Waals surface area (Å²) in [4.78, 5) is 10.2. The Morgan fingerprint density at radius 3 is 1.76 bits per heavy atom. The van der Waals surface area contributed by atoms with E-state index >= 15 is 0 Å². The van der Waals surface area contributed by atoms with Crippen LogP contribution in [0.3, 0.4) is 0 Å². The van der Waals surface area contributed by atoms with Gasteiger partial charge in [0, 0.05) is 16.7 Å². The van der Waals surface area contributed by atoms with Crippen molar-refractivity contribution >= 4 is 32.3 Å². The Labute approximate surface area is 244 Å². The van der Waals surface area contributed by atoms with Crippen LogP contribution in [0.1, 0.15) is 0 Å². The average molecular weight is 535 g/mol. The van der Waals surface area contributed by atoms with E-state index in [4.69, 9.17) is 9.97 Å². The van der Waals surface area contributed by atoms with E-state index in [0.29, 0.717) is 0 Å². The van der Waals surface area contributed by atoms with E-state index in [0.717, 1.165) is 33.9 Å². The lowest BCUT2D eigenvalue weighted by atomic mass is 9.94. The molecule has 1 aromatic heterocycles. The SMILES string of the molecule is c1ccc(-c2cccc(-c3cc(-c4cccc5c4ccc4cc6ccccc6cc45)nc(-c4ccccc4)n3)c2)cc1. The Hall–Kier alpha value is -5.60. The molecule has 1 heterocycles. The monoisotopic (exact) mass is 534 g/mol. The third-order valence-electron chi connectivity index (χ3n) is 8.04. The molecule has 8 rings (SSSR count). The summed E-state index contributed by atoms with van der Waals surface area (Å²) in [6, 6.07) is 55.6. The van der Waals surface area contributed by atoms with Gasteiger partial charge in [-0.1, -0.05) is 133 Å². The zero-order chi connectivity index (χ0) is 27.9. The molecule has 2 heteroatoms. The summed E-state index contributed by atoms with van der Waals surface area (Å²) in [5.74, 6) is 0.719. The van der Waals surface area contributed by atoms with Gasteiger partial charge in [0.05, 0.1) is 11.4 Å². The second kappa shape index (κ2) is 10.1.